The van der Waals surface area contributed by atoms with Crippen molar-refractivity contribution in [3.05, 3.63) is 55.1 Å². The second kappa shape index (κ2) is 10.7. The highest BCUT2D eigenvalue weighted by Gasteiger charge is 2.76. The summed E-state index contributed by atoms with van der Waals surface area (Å²) in [5.74, 6) is -2.18. The van der Waals surface area contributed by atoms with E-state index in [0.29, 0.717) is 18.5 Å². The maximum atomic E-state index is 14.7. The summed E-state index contributed by atoms with van der Waals surface area (Å²) in [5, 5.41) is 12.2. The lowest BCUT2D eigenvalue weighted by Crippen LogP contribution is -2.58. The van der Waals surface area contributed by atoms with Crippen molar-refractivity contribution in [2.45, 2.75) is 53.6 Å². The minimum atomic E-state index is -0.835. The standard InChI is InChI=1S/C29H33BrN2O5S/c1-4-13-31(20-12-11-17-9-7-8-10-18(17)14-20)27(35)25-29-15-21(30)24(38-29)22(28(36)37-6-3)23(29)26(34)32(25)19(5-2)16-33/h4,7-12,14,19,21-25,33H,1,5-6,13,15-16H2,2-3H3/t19-,21?,22-,23-,24-,25?,29?/m0/s1. The number of fused-ring (bicyclic) bond motifs is 2. The molecular formula is C29H33BrN2O5S. The molecule has 3 aliphatic rings. The minimum Gasteiger partial charge on any atom is -0.466 e. The average Bonchev–Trinajstić information content (AvgIpc) is 3.51. The van der Waals surface area contributed by atoms with Crippen LogP contribution in [0.5, 0.6) is 0 Å². The predicted octanol–water partition coefficient (Wildman–Crippen LogP) is 4.16. The number of rotatable bonds is 9. The van der Waals surface area contributed by atoms with E-state index in [1.807, 2.05) is 49.4 Å². The van der Waals surface area contributed by atoms with Crippen molar-refractivity contribution in [1.82, 2.24) is 4.90 Å². The second-order valence-corrected chi connectivity index (χ2v) is 12.9. The number of esters is 1. The molecule has 0 radical (unpaired) electrons. The van der Waals surface area contributed by atoms with Crippen molar-refractivity contribution < 1.29 is 24.2 Å². The van der Waals surface area contributed by atoms with Crippen LogP contribution in [0.15, 0.2) is 55.1 Å². The monoisotopic (exact) mass is 600 g/mol. The lowest BCUT2D eigenvalue weighted by molar-refractivity contribution is -0.154. The van der Waals surface area contributed by atoms with Crippen LogP contribution in [0.3, 0.4) is 0 Å². The molecule has 1 N–H and O–H groups in total. The molecule has 2 aromatic carbocycles. The van der Waals surface area contributed by atoms with Crippen LogP contribution in [-0.4, -0.2) is 74.5 Å². The SMILES string of the molecule is C=CCN(C(=O)C1N([C@@H](CC)CO)C(=O)[C@@H]2[C@H](C(=O)OCC)[C@H]3SC12CC3Br)c1ccc2ccccc2c1. The Morgan fingerprint density at radius 3 is 2.68 bits per heavy atom. The zero-order chi connectivity index (χ0) is 27.2. The third kappa shape index (κ3) is 4.09. The molecule has 9 heteroatoms. The van der Waals surface area contributed by atoms with Gasteiger partial charge < -0.3 is 19.6 Å². The smallest absolute Gasteiger partial charge is 0.310 e. The normalized spacial score (nSPS) is 30.4. The van der Waals surface area contributed by atoms with Gasteiger partial charge in [0.05, 0.1) is 35.8 Å². The zero-order valence-electron chi connectivity index (χ0n) is 21.6. The maximum Gasteiger partial charge on any atom is 0.310 e. The average molecular weight is 602 g/mol. The first-order chi connectivity index (χ1) is 18.3. The van der Waals surface area contributed by atoms with Gasteiger partial charge >= 0.3 is 5.97 Å². The number of likely N-dealkylation sites (tertiary alicyclic amines) is 1. The predicted molar refractivity (Wildman–Crippen MR) is 153 cm³/mol. The Kier molecular flexibility index (Phi) is 7.64. The molecule has 0 aliphatic carbocycles. The molecule has 2 amide bonds. The first kappa shape index (κ1) is 27.2. The lowest BCUT2D eigenvalue weighted by atomic mass is 9.71. The van der Waals surface area contributed by atoms with Crippen molar-refractivity contribution in [1.29, 1.82) is 0 Å². The molecular weight excluding hydrogens is 568 g/mol. The Balaban J connectivity index is 1.62. The summed E-state index contributed by atoms with van der Waals surface area (Å²) in [4.78, 5) is 45.2. The van der Waals surface area contributed by atoms with Crippen LogP contribution >= 0.6 is 27.7 Å². The van der Waals surface area contributed by atoms with Crippen LogP contribution in [0.4, 0.5) is 5.69 Å². The van der Waals surface area contributed by atoms with E-state index in [1.54, 1.807) is 34.6 Å². The number of hydrogen-bond acceptors (Lipinski definition) is 6. The van der Waals surface area contributed by atoms with Gasteiger partial charge in [-0.3, -0.25) is 14.4 Å². The molecule has 7 nitrogen and oxygen atoms in total. The van der Waals surface area contributed by atoms with Crippen LogP contribution in [-0.2, 0) is 19.1 Å². The van der Waals surface area contributed by atoms with E-state index in [1.165, 1.54) is 0 Å². The number of aliphatic hydroxyl groups is 1. The summed E-state index contributed by atoms with van der Waals surface area (Å²) < 4.78 is 4.62. The number of benzene rings is 2. The molecule has 2 bridgehead atoms. The highest BCUT2D eigenvalue weighted by Crippen LogP contribution is 2.68. The van der Waals surface area contributed by atoms with Gasteiger partial charge in [-0.25, -0.2) is 0 Å². The van der Waals surface area contributed by atoms with Crippen molar-refractivity contribution >= 4 is 61.9 Å². The summed E-state index contributed by atoms with van der Waals surface area (Å²) >= 11 is 5.34. The van der Waals surface area contributed by atoms with Crippen molar-refractivity contribution in [3.8, 4) is 0 Å². The topological polar surface area (TPSA) is 87.2 Å². The highest BCUT2D eigenvalue weighted by atomic mass is 79.9. The number of thioether (sulfide) groups is 1. The lowest BCUT2D eigenvalue weighted by Gasteiger charge is -2.39. The summed E-state index contributed by atoms with van der Waals surface area (Å²) in [5.41, 5.74) is 0.716. The van der Waals surface area contributed by atoms with Crippen LogP contribution in [0, 0.1) is 11.8 Å². The summed E-state index contributed by atoms with van der Waals surface area (Å²) in [6.07, 6.45) is 2.74. The van der Waals surface area contributed by atoms with E-state index in [0.717, 1.165) is 10.8 Å². The number of nitrogens with zero attached hydrogens (tertiary/aromatic N) is 2. The van der Waals surface area contributed by atoms with Gasteiger partial charge in [0.15, 0.2) is 0 Å². The molecule has 2 aromatic rings. The van der Waals surface area contributed by atoms with Gasteiger partial charge in [0.2, 0.25) is 5.91 Å². The molecule has 1 spiro atoms. The fourth-order valence-corrected chi connectivity index (χ4v) is 10.2. The number of anilines is 1. The first-order valence-corrected chi connectivity index (χ1v) is 14.9. The number of amides is 2. The van der Waals surface area contributed by atoms with E-state index in [2.05, 4.69) is 22.5 Å². The Hall–Kier alpha value is -2.36. The van der Waals surface area contributed by atoms with Crippen molar-refractivity contribution in [2.75, 3.05) is 24.7 Å². The number of hydrogen-bond donors (Lipinski definition) is 1. The number of alkyl halides is 1. The third-order valence-electron chi connectivity index (χ3n) is 8.22. The number of halogens is 1. The molecule has 0 aromatic heterocycles. The molecule has 7 atom stereocenters. The van der Waals surface area contributed by atoms with Crippen molar-refractivity contribution in [2.24, 2.45) is 11.8 Å². The van der Waals surface area contributed by atoms with Crippen LogP contribution in [0.2, 0.25) is 0 Å². The fraction of sp³-hybridized carbons (Fsp3) is 0.483. The van der Waals surface area contributed by atoms with Gasteiger partial charge in [0.1, 0.15) is 6.04 Å². The summed E-state index contributed by atoms with van der Waals surface area (Å²) in [7, 11) is 0. The molecule has 5 rings (SSSR count). The summed E-state index contributed by atoms with van der Waals surface area (Å²) in [6, 6.07) is 12.5. The molecule has 3 saturated heterocycles. The Labute approximate surface area is 235 Å². The number of carbonyl (C=O) groups excluding carboxylic acids is 3. The molecule has 3 fully saturated rings. The van der Waals surface area contributed by atoms with Gasteiger partial charge in [0.25, 0.3) is 5.91 Å². The second-order valence-electron chi connectivity index (χ2n) is 10.2. The summed E-state index contributed by atoms with van der Waals surface area (Å²) in [6.45, 7) is 7.77. The third-order valence-corrected chi connectivity index (χ3v) is 11.4. The van der Waals surface area contributed by atoms with Crippen molar-refractivity contribution in [3.63, 3.8) is 0 Å². The molecule has 3 unspecified atom stereocenters. The molecule has 202 valence electrons. The van der Waals surface area contributed by atoms with E-state index in [-0.39, 0.29) is 41.6 Å². The zero-order valence-corrected chi connectivity index (χ0v) is 24.0. The number of carbonyl (C=O) groups is 3. The molecule has 0 saturated carbocycles. The van der Waals surface area contributed by atoms with Gasteiger partial charge in [-0.15, -0.1) is 18.3 Å². The Bertz CT molecular complexity index is 1270. The van der Waals surface area contributed by atoms with Gasteiger partial charge in [-0.1, -0.05) is 59.3 Å². The van der Waals surface area contributed by atoms with Crippen LogP contribution in [0.25, 0.3) is 10.8 Å². The molecule has 3 heterocycles. The highest BCUT2D eigenvalue weighted by molar-refractivity contribution is 9.09. The Morgan fingerprint density at radius 1 is 1.29 bits per heavy atom. The quantitative estimate of drug-likeness (QED) is 0.264. The van der Waals surface area contributed by atoms with E-state index in [9.17, 15) is 19.5 Å². The van der Waals surface area contributed by atoms with E-state index in [4.69, 9.17) is 4.74 Å². The first-order valence-electron chi connectivity index (χ1n) is 13.2. The molecule has 3 aliphatic heterocycles. The van der Waals surface area contributed by atoms with Gasteiger partial charge in [-0.2, -0.15) is 0 Å². The van der Waals surface area contributed by atoms with E-state index >= 15 is 0 Å². The van der Waals surface area contributed by atoms with Crippen LogP contribution < -0.4 is 4.90 Å². The number of ether oxygens (including phenoxy) is 1. The fourth-order valence-electron chi connectivity index (χ4n) is 6.61. The maximum absolute atomic E-state index is 14.7. The van der Waals surface area contributed by atoms with Gasteiger partial charge in [0, 0.05) is 22.3 Å². The van der Waals surface area contributed by atoms with Crippen LogP contribution in [0.1, 0.15) is 26.7 Å². The minimum absolute atomic E-state index is 0.0380. The Morgan fingerprint density at radius 2 is 2.03 bits per heavy atom. The van der Waals surface area contributed by atoms with E-state index < -0.39 is 34.6 Å². The number of aliphatic hydroxyl groups excluding tert-OH is 1. The molecule has 38 heavy (non-hydrogen) atoms. The van der Waals surface area contributed by atoms with Gasteiger partial charge in [-0.05, 0) is 42.7 Å². The largest absolute Gasteiger partial charge is 0.466 e.